The van der Waals surface area contributed by atoms with E-state index in [-0.39, 0.29) is 12.0 Å². The first-order valence-corrected chi connectivity index (χ1v) is 7.15. The first-order chi connectivity index (χ1) is 9.41. The summed E-state index contributed by atoms with van der Waals surface area (Å²) in [5.74, 6) is 0. The van der Waals surface area contributed by atoms with Gasteiger partial charge in [0, 0.05) is 16.2 Å². The van der Waals surface area contributed by atoms with Gasteiger partial charge in [0.1, 0.15) is 0 Å². The number of alkyl halides is 3. The Morgan fingerprint density at radius 1 is 1.10 bits per heavy atom. The second-order valence-electron chi connectivity index (χ2n) is 4.53. The van der Waals surface area contributed by atoms with Crippen molar-refractivity contribution in [1.29, 1.82) is 0 Å². The molecule has 108 valence electrons. The van der Waals surface area contributed by atoms with E-state index in [4.69, 9.17) is 0 Å². The summed E-state index contributed by atoms with van der Waals surface area (Å²) in [6.07, 6.45) is -4.49. The molecule has 1 aromatic heterocycles. The highest BCUT2D eigenvalue weighted by Crippen LogP contribution is 2.35. The lowest BCUT2D eigenvalue weighted by atomic mass is 9.99. The third-order valence-electron chi connectivity index (χ3n) is 3.09. The van der Waals surface area contributed by atoms with E-state index in [0.29, 0.717) is 0 Å². The molecule has 0 radical (unpaired) electrons. The minimum Gasteiger partial charge on any atom is -0.388 e. The molecule has 0 aliphatic heterocycles. The highest BCUT2D eigenvalue weighted by atomic mass is 32.1. The zero-order valence-electron chi connectivity index (χ0n) is 10.9. The fourth-order valence-corrected chi connectivity index (χ4v) is 3.06. The number of thiophene rings is 1. The van der Waals surface area contributed by atoms with Gasteiger partial charge in [-0.2, -0.15) is 13.2 Å². The van der Waals surface area contributed by atoms with Crippen molar-refractivity contribution in [2.24, 2.45) is 0 Å². The molecular weight excluding hydrogens is 285 g/mol. The first kappa shape index (κ1) is 15.1. The van der Waals surface area contributed by atoms with E-state index in [1.807, 2.05) is 19.1 Å². The molecule has 1 N–H and O–H groups in total. The second kappa shape index (κ2) is 5.97. The van der Waals surface area contributed by atoms with Gasteiger partial charge in [0.05, 0.1) is 11.7 Å². The van der Waals surface area contributed by atoms with E-state index in [1.165, 1.54) is 29.5 Å². The van der Waals surface area contributed by atoms with Gasteiger partial charge in [0.25, 0.3) is 0 Å². The molecule has 0 saturated heterocycles. The standard InChI is InChI=1S/C15H15F3OS/c1-2-10-7-8-11(20-10)9-14(19)12-5-3-4-6-13(12)15(16,17)18/h3-8,14,19H,2,9H2,1H3. The van der Waals surface area contributed by atoms with Crippen LogP contribution in [0, 0.1) is 0 Å². The van der Waals surface area contributed by atoms with Crippen molar-refractivity contribution in [2.45, 2.75) is 32.0 Å². The minimum atomic E-state index is -4.44. The van der Waals surface area contributed by atoms with Gasteiger partial charge in [-0.05, 0) is 30.2 Å². The lowest BCUT2D eigenvalue weighted by molar-refractivity contribution is -0.139. The zero-order chi connectivity index (χ0) is 14.8. The van der Waals surface area contributed by atoms with Gasteiger partial charge in [-0.1, -0.05) is 25.1 Å². The molecule has 1 nitrogen and oxygen atoms in total. The van der Waals surface area contributed by atoms with Crippen LogP contribution in [0.15, 0.2) is 36.4 Å². The van der Waals surface area contributed by atoms with Crippen molar-refractivity contribution in [3.63, 3.8) is 0 Å². The van der Waals surface area contributed by atoms with E-state index in [2.05, 4.69) is 0 Å². The summed E-state index contributed by atoms with van der Waals surface area (Å²) in [7, 11) is 0. The Balaban J connectivity index is 2.23. The molecule has 5 heteroatoms. The monoisotopic (exact) mass is 300 g/mol. The van der Waals surface area contributed by atoms with E-state index >= 15 is 0 Å². The maximum absolute atomic E-state index is 12.9. The lowest BCUT2D eigenvalue weighted by Crippen LogP contribution is -2.12. The number of aliphatic hydroxyl groups is 1. The van der Waals surface area contributed by atoms with Gasteiger partial charge >= 0.3 is 6.18 Å². The molecule has 1 aromatic carbocycles. The Morgan fingerprint density at radius 3 is 2.35 bits per heavy atom. The van der Waals surface area contributed by atoms with Crippen LogP contribution >= 0.6 is 11.3 Å². The van der Waals surface area contributed by atoms with Gasteiger partial charge < -0.3 is 5.11 Å². The molecular formula is C15H15F3OS. The number of hydrogen-bond acceptors (Lipinski definition) is 2. The van der Waals surface area contributed by atoms with Gasteiger partial charge in [0.2, 0.25) is 0 Å². The summed E-state index contributed by atoms with van der Waals surface area (Å²) in [4.78, 5) is 2.06. The SMILES string of the molecule is CCc1ccc(CC(O)c2ccccc2C(F)(F)F)s1. The fourth-order valence-electron chi connectivity index (χ4n) is 2.07. The molecule has 1 heterocycles. The number of halogens is 3. The average Bonchev–Trinajstić information content (AvgIpc) is 2.85. The lowest BCUT2D eigenvalue weighted by Gasteiger charge is -2.16. The molecule has 0 fully saturated rings. The Kier molecular flexibility index (Phi) is 4.50. The average molecular weight is 300 g/mol. The molecule has 0 bridgehead atoms. The number of aliphatic hydroxyl groups excluding tert-OH is 1. The summed E-state index contributed by atoms with van der Waals surface area (Å²) in [5.41, 5.74) is -0.828. The van der Waals surface area contributed by atoms with Crippen LogP contribution in [0.2, 0.25) is 0 Å². The molecule has 1 unspecified atom stereocenters. The quantitative estimate of drug-likeness (QED) is 0.874. The van der Waals surface area contributed by atoms with E-state index in [1.54, 1.807) is 0 Å². The third-order valence-corrected chi connectivity index (χ3v) is 4.34. The molecule has 0 saturated carbocycles. The number of benzene rings is 1. The van der Waals surface area contributed by atoms with Crippen molar-refractivity contribution in [1.82, 2.24) is 0 Å². The molecule has 0 amide bonds. The van der Waals surface area contributed by atoms with Gasteiger partial charge in [-0.3, -0.25) is 0 Å². The van der Waals surface area contributed by atoms with E-state index in [9.17, 15) is 18.3 Å². The smallest absolute Gasteiger partial charge is 0.388 e. The van der Waals surface area contributed by atoms with Crippen LogP contribution in [0.1, 0.15) is 33.9 Å². The molecule has 2 rings (SSSR count). The van der Waals surface area contributed by atoms with E-state index < -0.39 is 17.8 Å². The molecule has 2 aromatic rings. The largest absolute Gasteiger partial charge is 0.416 e. The van der Waals surface area contributed by atoms with Crippen molar-refractivity contribution in [3.05, 3.63) is 57.3 Å². The molecule has 0 spiro atoms. The second-order valence-corrected chi connectivity index (χ2v) is 5.78. The minimum absolute atomic E-state index is 0.0635. The van der Waals surface area contributed by atoms with Crippen LogP contribution in [0.4, 0.5) is 13.2 Å². The highest BCUT2D eigenvalue weighted by molar-refractivity contribution is 7.11. The fraction of sp³-hybridized carbons (Fsp3) is 0.333. The van der Waals surface area contributed by atoms with Crippen molar-refractivity contribution in [3.8, 4) is 0 Å². The summed E-state index contributed by atoms with van der Waals surface area (Å²) < 4.78 is 38.7. The number of hydrogen-bond donors (Lipinski definition) is 1. The first-order valence-electron chi connectivity index (χ1n) is 6.33. The Morgan fingerprint density at radius 2 is 1.75 bits per heavy atom. The third kappa shape index (κ3) is 3.41. The van der Waals surface area contributed by atoms with Gasteiger partial charge in [-0.25, -0.2) is 0 Å². The van der Waals surface area contributed by atoms with Crippen LogP contribution in [0.3, 0.4) is 0 Å². The molecule has 20 heavy (non-hydrogen) atoms. The number of aryl methyl sites for hydroxylation is 1. The zero-order valence-corrected chi connectivity index (χ0v) is 11.8. The van der Waals surface area contributed by atoms with Gasteiger partial charge in [-0.15, -0.1) is 11.3 Å². The predicted octanol–water partition coefficient (Wildman–Crippen LogP) is 4.61. The summed E-state index contributed by atoms with van der Waals surface area (Å²) in [6.45, 7) is 2.02. The van der Waals surface area contributed by atoms with Gasteiger partial charge in [0.15, 0.2) is 0 Å². The van der Waals surface area contributed by atoms with Crippen molar-refractivity contribution in [2.75, 3.05) is 0 Å². The Bertz CT molecular complexity index is 574. The van der Waals surface area contributed by atoms with Crippen molar-refractivity contribution < 1.29 is 18.3 Å². The summed E-state index contributed by atoms with van der Waals surface area (Å²) in [5, 5.41) is 10.1. The molecule has 0 aliphatic rings. The van der Waals surface area contributed by atoms with Crippen molar-refractivity contribution >= 4 is 11.3 Å². The Hall–Kier alpha value is -1.33. The Labute approximate surface area is 119 Å². The normalized spacial score (nSPS) is 13.4. The predicted molar refractivity (Wildman–Crippen MR) is 73.8 cm³/mol. The highest BCUT2D eigenvalue weighted by Gasteiger charge is 2.34. The maximum Gasteiger partial charge on any atom is 0.416 e. The summed E-state index contributed by atoms with van der Waals surface area (Å²) >= 11 is 1.53. The number of rotatable bonds is 4. The summed E-state index contributed by atoms with van der Waals surface area (Å²) in [6, 6.07) is 9.00. The van der Waals surface area contributed by atoms with Crippen LogP contribution in [0.25, 0.3) is 0 Å². The van der Waals surface area contributed by atoms with Crippen LogP contribution < -0.4 is 0 Å². The van der Waals surface area contributed by atoms with Crippen LogP contribution in [-0.4, -0.2) is 5.11 Å². The van der Waals surface area contributed by atoms with Crippen LogP contribution in [-0.2, 0) is 19.0 Å². The topological polar surface area (TPSA) is 20.2 Å². The van der Waals surface area contributed by atoms with Crippen LogP contribution in [0.5, 0.6) is 0 Å². The van der Waals surface area contributed by atoms with E-state index in [0.717, 1.165) is 22.2 Å². The maximum atomic E-state index is 12.9. The molecule has 0 aliphatic carbocycles. The molecule has 1 atom stereocenters.